The van der Waals surface area contributed by atoms with Crippen LogP contribution in [0, 0.1) is 5.92 Å². The van der Waals surface area contributed by atoms with Crippen molar-refractivity contribution < 1.29 is 19.4 Å². The third kappa shape index (κ3) is 8.00. The summed E-state index contributed by atoms with van der Waals surface area (Å²) < 4.78 is 5.63. The van der Waals surface area contributed by atoms with Gasteiger partial charge in [-0.1, -0.05) is 13.8 Å². The van der Waals surface area contributed by atoms with E-state index in [4.69, 9.17) is 9.84 Å². The molecule has 128 valence electrons. The standard InChI is InChI=1S/C15H28N2O4S/c1-12(2)4-7-22-11-14(18)17-5-6-21-13(9-17)8-16(3)10-15(19)20/h12-13H,4-11H2,1-3H3,(H,19,20). The van der Waals surface area contributed by atoms with Crippen molar-refractivity contribution in [1.82, 2.24) is 9.80 Å². The highest BCUT2D eigenvalue weighted by molar-refractivity contribution is 7.99. The lowest BCUT2D eigenvalue weighted by Gasteiger charge is -2.34. The number of carboxylic acids is 1. The second kappa shape index (κ2) is 10.1. The fraction of sp³-hybridized carbons (Fsp3) is 0.867. The van der Waals surface area contributed by atoms with Crippen LogP contribution in [0.1, 0.15) is 20.3 Å². The summed E-state index contributed by atoms with van der Waals surface area (Å²) >= 11 is 1.69. The first-order valence-electron chi connectivity index (χ1n) is 7.76. The van der Waals surface area contributed by atoms with E-state index in [1.165, 1.54) is 0 Å². The average molecular weight is 332 g/mol. The van der Waals surface area contributed by atoms with Crippen LogP contribution >= 0.6 is 11.8 Å². The van der Waals surface area contributed by atoms with Crippen LogP contribution in [0.3, 0.4) is 0 Å². The summed E-state index contributed by atoms with van der Waals surface area (Å²) in [6, 6.07) is 0. The molecular formula is C15H28N2O4S. The Balaban J connectivity index is 2.29. The van der Waals surface area contributed by atoms with Gasteiger partial charge in [0.15, 0.2) is 0 Å². The maximum Gasteiger partial charge on any atom is 0.317 e. The number of rotatable bonds is 9. The molecule has 6 nitrogen and oxygen atoms in total. The van der Waals surface area contributed by atoms with Crippen LogP contribution < -0.4 is 0 Å². The fourth-order valence-corrected chi connectivity index (χ4v) is 3.41. The zero-order valence-electron chi connectivity index (χ0n) is 13.8. The Morgan fingerprint density at radius 1 is 1.45 bits per heavy atom. The molecule has 7 heteroatoms. The number of thioether (sulfide) groups is 1. The van der Waals surface area contributed by atoms with Gasteiger partial charge in [-0.05, 0) is 25.1 Å². The second-order valence-electron chi connectivity index (χ2n) is 6.16. The molecule has 0 spiro atoms. The highest BCUT2D eigenvalue weighted by Gasteiger charge is 2.25. The SMILES string of the molecule is CC(C)CCSCC(=O)N1CCOC(CN(C)CC(=O)O)C1. The minimum absolute atomic E-state index is 0.0150. The molecule has 1 fully saturated rings. The van der Waals surface area contributed by atoms with E-state index in [0.29, 0.717) is 37.9 Å². The number of amides is 1. The average Bonchev–Trinajstić information content (AvgIpc) is 2.42. The minimum atomic E-state index is -0.854. The second-order valence-corrected chi connectivity index (χ2v) is 7.26. The van der Waals surface area contributed by atoms with Crippen LogP contribution in [0.4, 0.5) is 0 Å². The first-order chi connectivity index (χ1) is 10.4. The lowest BCUT2D eigenvalue weighted by atomic mass is 10.2. The van der Waals surface area contributed by atoms with Gasteiger partial charge in [0, 0.05) is 19.6 Å². The lowest BCUT2D eigenvalue weighted by molar-refractivity contribution is -0.141. The van der Waals surface area contributed by atoms with E-state index >= 15 is 0 Å². The summed E-state index contributed by atoms with van der Waals surface area (Å²) in [4.78, 5) is 26.4. The molecule has 1 heterocycles. The topological polar surface area (TPSA) is 70.1 Å². The fourth-order valence-electron chi connectivity index (χ4n) is 2.27. The van der Waals surface area contributed by atoms with Crippen molar-refractivity contribution in [2.24, 2.45) is 5.92 Å². The smallest absolute Gasteiger partial charge is 0.317 e. The summed E-state index contributed by atoms with van der Waals surface area (Å²) in [6.45, 7) is 6.57. The molecule has 22 heavy (non-hydrogen) atoms. The molecule has 1 aliphatic rings. The number of hydrogen-bond acceptors (Lipinski definition) is 5. The van der Waals surface area contributed by atoms with Crippen molar-refractivity contribution in [3.8, 4) is 0 Å². The summed E-state index contributed by atoms with van der Waals surface area (Å²) in [6.07, 6.45) is 1.02. The quantitative estimate of drug-likeness (QED) is 0.636. The number of morpholine rings is 1. The van der Waals surface area contributed by atoms with E-state index in [2.05, 4.69) is 13.8 Å². The molecule has 0 saturated carbocycles. The van der Waals surface area contributed by atoms with Gasteiger partial charge in [-0.25, -0.2) is 0 Å². The number of nitrogens with zero attached hydrogens (tertiary/aromatic N) is 2. The molecule has 0 radical (unpaired) electrons. The predicted octanol–water partition coefficient (Wildman–Crippen LogP) is 1.01. The number of carbonyl (C=O) groups is 2. The molecule has 1 rings (SSSR count). The Kier molecular flexibility index (Phi) is 8.82. The van der Waals surface area contributed by atoms with Crippen LogP contribution in [0.2, 0.25) is 0 Å². The molecule has 0 aromatic rings. The monoisotopic (exact) mass is 332 g/mol. The van der Waals surface area contributed by atoms with Gasteiger partial charge in [-0.3, -0.25) is 14.5 Å². The number of aliphatic carboxylic acids is 1. The Bertz CT molecular complexity index is 365. The van der Waals surface area contributed by atoms with Gasteiger partial charge in [-0.2, -0.15) is 11.8 Å². The van der Waals surface area contributed by atoms with Gasteiger partial charge < -0.3 is 14.7 Å². The molecular weight excluding hydrogens is 304 g/mol. The van der Waals surface area contributed by atoms with E-state index in [1.54, 1.807) is 23.7 Å². The van der Waals surface area contributed by atoms with Crippen molar-refractivity contribution in [3.63, 3.8) is 0 Å². The van der Waals surface area contributed by atoms with E-state index in [9.17, 15) is 9.59 Å². The van der Waals surface area contributed by atoms with Crippen molar-refractivity contribution >= 4 is 23.6 Å². The number of carbonyl (C=O) groups excluding carboxylic acids is 1. The normalized spacial score (nSPS) is 19.0. The van der Waals surface area contributed by atoms with E-state index in [0.717, 1.165) is 12.2 Å². The van der Waals surface area contributed by atoms with Gasteiger partial charge in [-0.15, -0.1) is 0 Å². The van der Waals surface area contributed by atoms with Gasteiger partial charge in [0.1, 0.15) is 0 Å². The van der Waals surface area contributed by atoms with Crippen LogP contribution in [0.15, 0.2) is 0 Å². The predicted molar refractivity (Wildman–Crippen MR) is 88.2 cm³/mol. The summed E-state index contributed by atoms with van der Waals surface area (Å²) in [7, 11) is 1.75. The molecule has 1 saturated heterocycles. The summed E-state index contributed by atoms with van der Waals surface area (Å²) in [5.41, 5.74) is 0. The molecule has 0 aromatic carbocycles. The number of hydrogen-bond donors (Lipinski definition) is 1. The lowest BCUT2D eigenvalue weighted by Crippen LogP contribution is -2.50. The van der Waals surface area contributed by atoms with Gasteiger partial charge >= 0.3 is 5.97 Å². The maximum absolute atomic E-state index is 12.2. The van der Waals surface area contributed by atoms with Crippen molar-refractivity contribution in [2.75, 3.05) is 51.3 Å². The van der Waals surface area contributed by atoms with Gasteiger partial charge in [0.05, 0.1) is 25.0 Å². The van der Waals surface area contributed by atoms with Gasteiger partial charge in [0.25, 0.3) is 0 Å². The Labute approximate surface area is 137 Å². The Hall–Kier alpha value is -0.790. The van der Waals surface area contributed by atoms with Crippen LogP contribution in [0.5, 0.6) is 0 Å². The zero-order valence-corrected chi connectivity index (χ0v) is 14.6. The largest absolute Gasteiger partial charge is 0.480 e. The van der Waals surface area contributed by atoms with Crippen LogP contribution in [-0.4, -0.2) is 84.2 Å². The first-order valence-corrected chi connectivity index (χ1v) is 8.91. The number of likely N-dealkylation sites (N-methyl/N-ethyl adjacent to an activating group) is 1. The molecule has 0 aliphatic carbocycles. The molecule has 0 bridgehead atoms. The Morgan fingerprint density at radius 3 is 2.82 bits per heavy atom. The van der Waals surface area contributed by atoms with E-state index in [-0.39, 0.29) is 18.6 Å². The summed E-state index contributed by atoms with van der Waals surface area (Å²) in [5.74, 6) is 1.50. The van der Waals surface area contributed by atoms with E-state index in [1.807, 2.05) is 4.90 Å². The number of ether oxygens (including phenoxy) is 1. The molecule has 1 unspecified atom stereocenters. The molecule has 1 N–H and O–H groups in total. The number of carboxylic acid groups (broad SMARTS) is 1. The van der Waals surface area contributed by atoms with Crippen LogP contribution in [-0.2, 0) is 14.3 Å². The molecule has 1 atom stereocenters. The Morgan fingerprint density at radius 2 is 2.18 bits per heavy atom. The zero-order chi connectivity index (χ0) is 16.5. The maximum atomic E-state index is 12.2. The van der Waals surface area contributed by atoms with Crippen LogP contribution in [0.25, 0.3) is 0 Å². The third-order valence-electron chi connectivity index (χ3n) is 3.48. The minimum Gasteiger partial charge on any atom is -0.480 e. The summed E-state index contributed by atoms with van der Waals surface area (Å²) in [5, 5.41) is 8.76. The highest BCUT2D eigenvalue weighted by atomic mass is 32.2. The third-order valence-corrected chi connectivity index (χ3v) is 4.45. The first kappa shape index (κ1) is 19.3. The molecule has 1 amide bonds. The van der Waals surface area contributed by atoms with E-state index < -0.39 is 5.97 Å². The van der Waals surface area contributed by atoms with Crippen molar-refractivity contribution in [3.05, 3.63) is 0 Å². The molecule has 1 aliphatic heterocycles. The van der Waals surface area contributed by atoms with Crippen molar-refractivity contribution in [1.29, 1.82) is 0 Å². The highest BCUT2D eigenvalue weighted by Crippen LogP contribution is 2.12. The van der Waals surface area contributed by atoms with Gasteiger partial charge in [0.2, 0.25) is 5.91 Å². The molecule has 0 aromatic heterocycles. The van der Waals surface area contributed by atoms with Crippen molar-refractivity contribution in [2.45, 2.75) is 26.4 Å².